The van der Waals surface area contributed by atoms with Crippen molar-refractivity contribution in [2.24, 2.45) is 0 Å². The molecule has 0 atom stereocenters. The monoisotopic (exact) mass is 241 g/mol. The van der Waals surface area contributed by atoms with Crippen LogP contribution in [0.2, 0.25) is 0 Å². The van der Waals surface area contributed by atoms with Gasteiger partial charge >= 0.3 is 0 Å². The van der Waals surface area contributed by atoms with Gasteiger partial charge in [0.05, 0.1) is 18.0 Å². The van der Waals surface area contributed by atoms with Crippen molar-refractivity contribution in [1.82, 2.24) is 0 Å². The van der Waals surface area contributed by atoms with E-state index in [9.17, 15) is 8.42 Å². The maximum Gasteiger partial charge on any atom is 0.234 e. The molecule has 0 fully saturated rings. The number of rotatable bonds is 2. The lowest BCUT2D eigenvalue weighted by molar-refractivity contribution is 0.322. The summed E-state index contributed by atoms with van der Waals surface area (Å²) in [7, 11) is -3.20. The van der Waals surface area contributed by atoms with Crippen molar-refractivity contribution >= 4 is 15.7 Å². The predicted molar refractivity (Wildman–Crippen MR) is 63.4 cm³/mol. The fourth-order valence-electron chi connectivity index (χ4n) is 1.74. The smallest absolute Gasteiger partial charge is 0.234 e. The summed E-state index contributed by atoms with van der Waals surface area (Å²) in [6.45, 7) is 2.71. The minimum absolute atomic E-state index is 0.112. The second-order valence-corrected chi connectivity index (χ2v) is 5.82. The summed E-state index contributed by atoms with van der Waals surface area (Å²) in [6.07, 6.45) is 0.716. The number of nitrogens with zero attached hydrogens (tertiary/aromatic N) is 1. The van der Waals surface area contributed by atoms with Crippen LogP contribution in [0.15, 0.2) is 24.3 Å². The lowest BCUT2D eigenvalue weighted by Gasteiger charge is -2.22. The van der Waals surface area contributed by atoms with Crippen LogP contribution < -0.4 is 9.04 Å². The molecule has 0 radical (unpaired) electrons. The summed E-state index contributed by atoms with van der Waals surface area (Å²) >= 11 is 0. The zero-order valence-electron chi connectivity index (χ0n) is 9.22. The Morgan fingerprint density at radius 2 is 2.12 bits per heavy atom. The molecule has 0 unspecified atom stereocenters. The Bertz CT molecular complexity index is 470. The normalized spacial score (nSPS) is 16.2. The molecular formula is C11H15NO3S. The van der Waals surface area contributed by atoms with Gasteiger partial charge in [0.2, 0.25) is 10.0 Å². The first-order chi connectivity index (χ1) is 7.65. The van der Waals surface area contributed by atoms with E-state index < -0.39 is 10.0 Å². The molecule has 0 spiro atoms. The van der Waals surface area contributed by atoms with Gasteiger partial charge in [-0.3, -0.25) is 4.31 Å². The number of sulfonamides is 1. The largest absolute Gasteiger partial charge is 0.491 e. The first kappa shape index (κ1) is 11.3. The number of anilines is 1. The molecule has 1 aromatic carbocycles. The summed E-state index contributed by atoms with van der Waals surface area (Å²) in [5, 5.41) is 0. The van der Waals surface area contributed by atoms with Crippen molar-refractivity contribution in [3.05, 3.63) is 24.3 Å². The molecule has 1 aliphatic rings. The number of benzene rings is 1. The van der Waals surface area contributed by atoms with Crippen LogP contribution in [0.3, 0.4) is 0 Å². The minimum Gasteiger partial charge on any atom is -0.491 e. The third kappa shape index (κ3) is 2.00. The molecule has 1 aromatic rings. The maximum atomic E-state index is 11.9. The molecular weight excluding hydrogens is 226 g/mol. The van der Waals surface area contributed by atoms with Crippen LogP contribution in [0.1, 0.15) is 13.3 Å². The fraction of sp³-hybridized carbons (Fsp3) is 0.455. The summed E-state index contributed by atoms with van der Waals surface area (Å²) < 4.78 is 30.8. The second-order valence-electron chi connectivity index (χ2n) is 3.64. The molecule has 4 nitrogen and oxygen atoms in total. The first-order valence-corrected chi connectivity index (χ1v) is 6.98. The molecule has 0 aromatic heterocycles. The highest BCUT2D eigenvalue weighted by atomic mass is 32.2. The van der Waals surface area contributed by atoms with E-state index >= 15 is 0 Å². The van der Waals surface area contributed by atoms with Gasteiger partial charge in [0, 0.05) is 13.0 Å². The van der Waals surface area contributed by atoms with E-state index in [1.807, 2.05) is 12.1 Å². The fourth-order valence-corrected chi connectivity index (χ4v) is 2.91. The number of hydrogen-bond donors (Lipinski definition) is 0. The van der Waals surface area contributed by atoms with E-state index in [-0.39, 0.29) is 5.75 Å². The van der Waals surface area contributed by atoms with Gasteiger partial charge in [-0.05, 0) is 19.1 Å². The Kier molecular flexibility index (Phi) is 3.05. The minimum atomic E-state index is -3.20. The molecule has 0 amide bonds. The molecule has 0 saturated carbocycles. The van der Waals surface area contributed by atoms with E-state index in [2.05, 4.69) is 0 Å². The third-order valence-corrected chi connectivity index (χ3v) is 4.38. The Morgan fingerprint density at radius 3 is 2.88 bits per heavy atom. The third-order valence-electron chi connectivity index (χ3n) is 2.60. The molecule has 2 rings (SSSR count). The van der Waals surface area contributed by atoms with Crippen LogP contribution in [0.25, 0.3) is 0 Å². The molecule has 0 saturated heterocycles. The SMILES string of the molecule is CCS(=O)(=O)N1CCCOc2ccccc21. The van der Waals surface area contributed by atoms with Gasteiger partial charge in [-0.2, -0.15) is 0 Å². The van der Waals surface area contributed by atoms with Crippen molar-refractivity contribution < 1.29 is 13.2 Å². The number of fused-ring (bicyclic) bond motifs is 1. The molecule has 1 heterocycles. The zero-order valence-corrected chi connectivity index (χ0v) is 10.0. The Labute approximate surface area is 95.9 Å². The average Bonchev–Trinajstić information content (AvgIpc) is 2.51. The van der Waals surface area contributed by atoms with Crippen molar-refractivity contribution in [3.8, 4) is 5.75 Å². The summed E-state index contributed by atoms with van der Waals surface area (Å²) in [6, 6.07) is 7.26. The van der Waals surface area contributed by atoms with Crippen LogP contribution >= 0.6 is 0 Å². The van der Waals surface area contributed by atoms with Crippen LogP contribution in [-0.4, -0.2) is 27.3 Å². The van der Waals surface area contributed by atoms with Crippen LogP contribution in [0, 0.1) is 0 Å². The second kappa shape index (κ2) is 4.33. The molecule has 5 heteroatoms. The Hall–Kier alpha value is -1.23. The van der Waals surface area contributed by atoms with E-state index in [0.29, 0.717) is 31.0 Å². The quantitative estimate of drug-likeness (QED) is 0.790. The Morgan fingerprint density at radius 1 is 1.38 bits per heavy atom. The Balaban J connectivity index is 2.48. The summed E-state index contributed by atoms with van der Waals surface area (Å²) in [5.74, 6) is 0.762. The van der Waals surface area contributed by atoms with Crippen molar-refractivity contribution in [1.29, 1.82) is 0 Å². The van der Waals surface area contributed by atoms with Crippen LogP contribution in [0.4, 0.5) is 5.69 Å². The molecule has 1 aliphatic heterocycles. The zero-order chi connectivity index (χ0) is 11.6. The lowest BCUT2D eigenvalue weighted by atomic mass is 10.3. The van der Waals surface area contributed by atoms with Crippen LogP contribution in [-0.2, 0) is 10.0 Å². The van der Waals surface area contributed by atoms with E-state index in [1.54, 1.807) is 19.1 Å². The standard InChI is InChI=1S/C11H15NO3S/c1-2-16(13,14)12-8-5-9-15-11-7-4-3-6-10(11)12/h3-4,6-7H,2,5,8-9H2,1H3. The number of para-hydroxylation sites is 2. The van der Waals surface area contributed by atoms with Crippen molar-refractivity contribution in [2.45, 2.75) is 13.3 Å². The summed E-state index contributed by atoms with van der Waals surface area (Å²) in [5.41, 5.74) is 0.654. The molecule has 0 aliphatic carbocycles. The number of hydrogen-bond acceptors (Lipinski definition) is 3. The average molecular weight is 241 g/mol. The predicted octanol–water partition coefficient (Wildman–Crippen LogP) is 1.63. The highest BCUT2D eigenvalue weighted by Gasteiger charge is 2.25. The van der Waals surface area contributed by atoms with Crippen molar-refractivity contribution in [2.75, 3.05) is 23.2 Å². The molecule has 0 bridgehead atoms. The number of ether oxygens (including phenoxy) is 1. The van der Waals surface area contributed by atoms with Gasteiger partial charge < -0.3 is 4.74 Å². The summed E-state index contributed by atoms with van der Waals surface area (Å²) in [4.78, 5) is 0. The molecule has 16 heavy (non-hydrogen) atoms. The molecule has 88 valence electrons. The maximum absolute atomic E-state index is 11.9. The molecule has 0 N–H and O–H groups in total. The van der Waals surface area contributed by atoms with E-state index in [4.69, 9.17) is 4.74 Å². The van der Waals surface area contributed by atoms with Gasteiger partial charge in [0.25, 0.3) is 0 Å². The van der Waals surface area contributed by atoms with Gasteiger partial charge in [-0.15, -0.1) is 0 Å². The first-order valence-electron chi connectivity index (χ1n) is 5.37. The van der Waals surface area contributed by atoms with Gasteiger partial charge in [0.15, 0.2) is 0 Å². The van der Waals surface area contributed by atoms with E-state index in [1.165, 1.54) is 4.31 Å². The van der Waals surface area contributed by atoms with Gasteiger partial charge in [0.1, 0.15) is 5.75 Å². The van der Waals surface area contributed by atoms with Gasteiger partial charge in [-0.25, -0.2) is 8.42 Å². The van der Waals surface area contributed by atoms with E-state index in [0.717, 1.165) is 0 Å². The highest BCUT2D eigenvalue weighted by molar-refractivity contribution is 7.92. The lowest BCUT2D eigenvalue weighted by Crippen LogP contribution is -2.32. The van der Waals surface area contributed by atoms with Crippen LogP contribution in [0.5, 0.6) is 5.75 Å². The highest BCUT2D eigenvalue weighted by Crippen LogP contribution is 2.32. The van der Waals surface area contributed by atoms with Crippen molar-refractivity contribution in [3.63, 3.8) is 0 Å². The topological polar surface area (TPSA) is 46.6 Å². The van der Waals surface area contributed by atoms with Gasteiger partial charge in [-0.1, -0.05) is 12.1 Å².